The van der Waals surface area contributed by atoms with Gasteiger partial charge in [-0.1, -0.05) is 30.3 Å². The van der Waals surface area contributed by atoms with Gasteiger partial charge in [-0.15, -0.1) is 11.3 Å². The number of anilines is 1. The Balaban J connectivity index is 2.17. The summed E-state index contributed by atoms with van der Waals surface area (Å²) in [4.78, 5) is 12.0. The van der Waals surface area contributed by atoms with Gasteiger partial charge in [0.15, 0.2) is 0 Å². The molecule has 0 spiro atoms. The second-order valence-electron chi connectivity index (χ2n) is 5.06. The van der Waals surface area contributed by atoms with E-state index in [2.05, 4.69) is 4.72 Å². The van der Waals surface area contributed by atoms with Crippen molar-refractivity contribution in [2.24, 2.45) is 0 Å². The minimum Gasteiger partial charge on any atom is -0.462 e. The van der Waals surface area contributed by atoms with Gasteiger partial charge in [-0.2, -0.15) is 0 Å². The number of rotatable bonds is 5. The number of sulfonamides is 1. The van der Waals surface area contributed by atoms with E-state index in [9.17, 15) is 17.6 Å². The predicted octanol–water partition coefficient (Wildman–Crippen LogP) is 4.02. The summed E-state index contributed by atoms with van der Waals surface area (Å²) >= 11 is 1.03. The van der Waals surface area contributed by atoms with Crippen molar-refractivity contribution < 1.29 is 22.3 Å². The van der Waals surface area contributed by atoms with Gasteiger partial charge in [0, 0.05) is 10.1 Å². The Morgan fingerprint density at radius 3 is 2.56 bits per heavy atom. The van der Waals surface area contributed by atoms with E-state index in [4.69, 9.17) is 4.74 Å². The molecule has 130 valence electrons. The number of esters is 1. The Hall–Kier alpha value is -2.45. The van der Waals surface area contributed by atoms with Crippen LogP contribution < -0.4 is 4.72 Å². The smallest absolute Gasteiger partial charge is 0.349 e. The molecular weight excluding hydrogens is 365 g/mol. The van der Waals surface area contributed by atoms with Gasteiger partial charge in [-0.25, -0.2) is 17.6 Å². The highest BCUT2D eigenvalue weighted by Crippen LogP contribution is 2.36. The lowest BCUT2D eigenvalue weighted by Crippen LogP contribution is -2.17. The average molecular weight is 379 g/mol. The van der Waals surface area contributed by atoms with Gasteiger partial charge in [-0.3, -0.25) is 4.72 Å². The average Bonchev–Trinajstić information content (AvgIpc) is 2.97. The zero-order chi connectivity index (χ0) is 18.0. The van der Waals surface area contributed by atoms with Crippen molar-refractivity contribution in [2.75, 3.05) is 11.3 Å². The Morgan fingerprint density at radius 1 is 1.16 bits per heavy atom. The minimum atomic E-state index is -4.19. The number of nitrogens with one attached hydrogen (secondary N) is 1. The van der Waals surface area contributed by atoms with E-state index >= 15 is 0 Å². The Kier molecular flexibility index (Phi) is 4.73. The second kappa shape index (κ2) is 6.81. The molecule has 3 aromatic rings. The summed E-state index contributed by atoms with van der Waals surface area (Å²) in [6, 6.07) is 12.2. The molecule has 0 aliphatic carbocycles. The fourth-order valence-corrected chi connectivity index (χ4v) is 5.22. The number of carbonyl (C=O) groups is 1. The summed E-state index contributed by atoms with van der Waals surface area (Å²) in [5.74, 6) is -1.43. The molecule has 0 saturated heterocycles. The van der Waals surface area contributed by atoms with Gasteiger partial charge in [0.1, 0.15) is 15.6 Å². The SMILES string of the molecule is CCOC(=O)c1sc2ccccc2c1S(=O)(=O)Nc1ccccc1F. The van der Waals surface area contributed by atoms with Crippen molar-refractivity contribution in [1.82, 2.24) is 0 Å². The van der Waals surface area contributed by atoms with Crippen LogP contribution in [0.2, 0.25) is 0 Å². The quantitative estimate of drug-likeness (QED) is 0.680. The number of thiophene rings is 1. The molecule has 0 radical (unpaired) electrons. The van der Waals surface area contributed by atoms with Crippen LogP contribution in [0, 0.1) is 5.82 Å². The number of hydrogen-bond donors (Lipinski definition) is 1. The number of para-hydroxylation sites is 1. The van der Waals surface area contributed by atoms with Crippen LogP contribution in [0.4, 0.5) is 10.1 Å². The Labute approximate surface area is 148 Å². The molecule has 1 aromatic heterocycles. The third-order valence-corrected chi connectivity index (χ3v) is 6.13. The molecule has 3 rings (SSSR count). The second-order valence-corrected chi connectivity index (χ2v) is 7.73. The first-order chi connectivity index (χ1) is 11.9. The molecular formula is C17H14FNO4S2. The normalized spacial score (nSPS) is 11.4. The summed E-state index contributed by atoms with van der Waals surface area (Å²) < 4.78 is 47.4. The molecule has 0 bridgehead atoms. The van der Waals surface area contributed by atoms with Crippen molar-refractivity contribution in [1.29, 1.82) is 0 Å². The predicted molar refractivity (Wildman–Crippen MR) is 95.0 cm³/mol. The number of carbonyl (C=O) groups excluding carboxylic acids is 1. The zero-order valence-electron chi connectivity index (χ0n) is 13.2. The van der Waals surface area contributed by atoms with Crippen LogP contribution in [-0.4, -0.2) is 21.0 Å². The minimum absolute atomic E-state index is 0.0353. The van der Waals surface area contributed by atoms with Gasteiger partial charge in [0.2, 0.25) is 0 Å². The largest absolute Gasteiger partial charge is 0.462 e. The molecule has 1 N–H and O–H groups in total. The van der Waals surface area contributed by atoms with E-state index in [1.807, 2.05) is 0 Å². The maximum Gasteiger partial charge on any atom is 0.349 e. The van der Waals surface area contributed by atoms with Crippen molar-refractivity contribution in [3.63, 3.8) is 0 Å². The lowest BCUT2D eigenvalue weighted by molar-refractivity contribution is 0.0528. The van der Waals surface area contributed by atoms with Gasteiger partial charge in [0.25, 0.3) is 10.0 Å². The van der Waals surface area contributed by atoms with E-state index in [0.717, 1.165) is 17.4 Å². The molecule has 25 heavy (non-hydrogen) atoms. The summed E-state index contributed by atoms with van der Waals surface area (Å²) in [6.45, 7) is 1.75. The molecule has 0 atom stereocenters. The van der Waals surface area contributed by atoms with E-state index in [-0.39, 0.29) is 22.1 Å². The molecule has 0 saturated carbocycles. The van der Waals surface area contributed by atoms with Crippen LogP contribution in [-0.2, 0) is 14.8 Å². The molecule has 2 aromatic carbocycles. The topological polar surface area (TPSA) is 72.5 Å². The summed E-state index contributed by atoms with van der Waals surface area (Å²) in [5.41, 5.74) is -0.187. The Morgan fingerprint density at radius 2 is 1.84 bits per heavy atom. The summed E-state index contributed by atoms with van der Waals surface area (Å²) in [7, 11) is -4.19. The van der Waals surface area contributed by atoms with Crippen LogP contribution in [0.3, 0.4) is 0 Å². The number of fused-ring (bicyclic) bond motifs is 1. The zero-order valence-corrected chi connectivity index (χ0v) is 14.8. The first-order valence-corrected chi connectivity index (χ1v) is 9.70. The number of benzene rings is 2. The van der Waals surface area contributed by atoms with Crippen LogP contribution in [0.25, 0.3) is 10.1 Å². The van der Waals surface area contributed by atoms with Crippen molar-refractivity contribution in [3.8, 4) is 0 Å². The van der Waals surface area contributed by atoms with Gasteiger partial charge < -0.3 is 4.74 Å². The van der Waals surface area contributed by atoms with E-state index in [1.165, 1.54) is 18.2 Å². The molecule has 0 amide bonds. The van der Waals surface area contributed by atoms with Crippen LogP contribution in [0.15, 0.2) is 53.4 Å². The van der Waals surface area contributed by atoms with Crippen molar-refractivity contribution in [2.45, 2.75) is 11.8 Å². The van der Waals surface area contributed by atoms with Crippen LogP contribution in [0.1, 0.15) is 16.6 Å². The van der Waals surface area contributed by atoms with Gasteiger partial charge in [0.05, 0.1) is 12.3 Å². The van der Waals surface area contributed by atoms with Crippen molar-refractivity contribution in [3.05, 3.63) is 59.2 Å². The van der Waals surface area contributed by atoms with Crippen molar-refractivity contribution >= 4 is 43.1 Å². The van der Waals surface area contributed by atoms with E-state index in [1.54, 1.807) is 31.2 Å². The third-order valence-electron chi connectivity index (χ3n) is 3.40. The van der Waals surface area contributed by atoms with Gasteiger partial charge in [-0.05, 0) is 25.1 Å². The van der Waals surface area contributed by atoms with Gasteiger partial charge >= 0.3 is 5.97 Å². The first-order valence-electron chi connectivity index (χ1n) is 7.40. The molecule has 0 unspecified atom stereocenters. The fourth-order valence-electron chi connectivity index (χ4n) is 2.36. The summed E-state index contributed by atoms with van der Waals surface area (Å²) in [5, 5.41) is 0.388. The molecule has 0 aliphatic heterocycles. The highest BCUT2D eigenvalue weighted by Gasteiger charge is 2.29. The monoisotopic (exact) mass is 379 g/mol. The summed E-state index contributed by atoms with van der Waals surface area (Å²) in [6.07, 6.45) is 0. The lowest BCUT2D eigenvalue weighted by atomic mass is 10.2. The molecule has 8 heteroatoms. The number of hydrogen-bond acceptors (Lipinski definition) is 5. The van der Waals surface area contributed by atoms with Crippen LogP contribution in [0.5, 0.6) is 0 Å². The van der Waals surface area contributed by atoms with Crippen LogP contribution >= 0.6 is 11.3 Å². The molecule has 0 aliphatic rings. The molecule has 5 nitrogen and oxygen atoms in total. The first kappa shape index (κ1) is 17.4. The lowest BCUT2D eigenvalue weighted by Gasteiger charge is -2.10. The highest BCUT2D eigenvalue weighted by atomic mass is 32.2. The maximum atomic E-state index is 13.8. The maximum absolute atomic E-state index is 13.8. The number of halogens is 1. The number of ether oxygens (including phenoxy) is 1. The standard InChI is InChI=1S/C17H14FNO4S2/c1-2-23-17(20)15-16(11-7-3-6-10-14(11)24-15)25(21,22)19-13-9-5-4-8-12(13)18/h3-10,19H,2H2,1H3. The fraction of sp³-hybridized carbons (Fsp3) is 0.118. The molecule has 1 heterocycles. The Bertz CT molecular complexity index is 1040. The molecule has 0 fully saturated rings. The third kappa shape index (κ3) is 3.35. The van der Waals surface area contributed by atoms with E-state index < -0.39 is 21.8 Å². The van der Waals surface area contributed by atoms with E-state index in [0.29, 0.717) is 10.1 Å². The highest BCUT2D eigenvalue weighted by molar-refractivity contribution is 7.93.